The molecule has 152 valence electrons. The van der Waals surface area contributed by atoms with Gasteiger partial charge in [-0.15, -0.1) is 0 Å². The second-order valence-corrected chi connectivity index (χ2v) is 6.77. The van der Waals surface area contributed by atoms with E-state index in [1.54, 1.807) is 7.11 Å². The molecule has 2 aromatic heterocycles. The van der Waals surface area contributed by atoms with Gasteiger partial charge in [-0.2, -0.15) is 0 Å². The molecule has 0 amide bonds. The summed E-state index contributed by atoms with van der Waals surface area (Å²) in [6.45, 7) is 4.46. The predicted molar refractivity (Wildman–Crippen MR) is 118 cm³/mol. The Hall–Kier alpha value is -3.04. The molecule has 0 radical (unpaired) electrons. The summed E-state index contributed by atoms with van der Waals surface area (Å²) in [6, 6.07) is 13.9. The maximum atomic E-state index is 12.5. The molecule has 29 heavy (non-hydrogen) atoms. The standard InChI is InChI=1S/C23H27FN4O/c1-4-28(15-16-29-3)22-12-8-19-17-20(25-23(19)26-22)9-5-18-6-10-21(11-7-18)27(2)14-13-24/h6-8,10-12,17H,4,13-16H2,1-3H3,(H,25,26). The van der Waals surface area contributed by atoms with Crippen LogP contribution in [0, 0.1) is 11.8 Å². The Balaban J connectivity index is 1.76. The molecule has 0 bridgehead atoms. The van der Waals surface area contributed by atoms with E-state index in [2.05, 4.69) is 34.7 Å². The van der Waals surface area contributed by atoms with Crippen molar-refractivity contribution in [2.24, 2.45) is 0 Å². The molecule has 1 N–H and O–H groups in total. The van der Waals surface area contributed by atoms with E-state index in [9.17, 15) is 4.39 Å². The number of methoxy groups -OCH3 is 1. The maximum absolute atomic E-state index is 12.5. The van der Waals surface area contributed by atoms with Crippen LogP contribution in [0.3, 0.4) is 0 Å². The average Bonchev–Trinajstić information content (AvgIpc) is 3.15. The lowest BCUT2D eigenvalue weighted by Gasteiger charge is -2.21. The first-order valence-electron chi connectivity index (χ1n) is 9.77. The summed E-state index contributed by atoms with van der Waals surface area (Å²) in [7, 11) is 3.58. The van der Waals surface area contributed by atoms with Gasteiger partial charge in [0.2, 0.25) is 0 Å². The van der Waals surface area contributed by atoms with Gasteiger partial charge < -0.3 is 19.5 Å². The number of pyridine rings is 1. The number of halogens is 1. The summed E-state index contributed by atoms with van der Waals surface area (Å²) in [5.74, 6) is 7.26. The minimum atomic E-state index is -0.364. The second-order valence-electron chi connectivity index (χ2n) is 6.77. The molecular formula is C23H27FN4O. The smallest absolute Gasteiger partial charge is 0.140 e. The highest BCUT2D eigenvalue weighted by atomic mass is 19.1. The van der Waals surface area contributed by atoms with Gasteiger partial charge in [0.25, 0.3) is 0 Å². The molecule has 1 aromatic carbocycles. The van der Waals surface area contributed by atoms with E-state index in [1.807, 2.05) is 48.3 Å². The molecule has 0 fully saturated rings. The number of rotatable bonds is 8. The van der Waals surface area contributed by atoms with Crippen molar-refractivity contribution in [3.63, 3.8) is 0 Å². The topological polar surface area (TPSA) is 44.4 Å². The Morgan fingerprint density at radius 3 is 2.59 bits per heavy atom. The van der Waals surface area contributed by atoms with Crippen LogP contribution in [0.4, 0.5) is 15.9 Å². The number of aromatic amines is 1. The third-order valence-corrected chi connectivity index (χ3v) is 4.81. The molecule has 0 atom stereocenters. The number of hydrogen-bond donors (Lipinski definition) is 1. The normalized spacial score (nSPS) is 10.6. The average molecular weight is 394 g/mol. The second kappa shape index (κ2) is 9.94. The first-order chi connectivity index (χ1) is 14.1. The first-order valence-corrected chi connectivity index (χ1v) is 9.77. The zero-order valence-electron chi connectivity index (χ0n) is 17.2. The van der Waals surface area contributed by atoms with Crippen LogP contribution >= 0.6 is 0 Å². The van der Waals surface area contributed by atoms with Gasteiger partial charge in [-0.1, -0.05) is 5.92 Å². The van der Waals surface area contributed by atoms with Crippen LogP contribution in [-0.4, -0.2) is 57.0 Å². The fourth-order valence-electron chi connectivity index (χ4n) is 3.07. The Kier molecular flexibility index (Phi) is 7.09. The zero-order chi connectivity index (χ0) is 20.6. The number of H-pyrrole nitrogens is 1. The van der Waals surface area contributed by atoms with Gasteiger partial charge in [0.1, 0.15) is 18.1 Å². The molecule has 0 saturated carbocycles. The van der Waals surface area contributed by atoms with Gasteiger partial charge in [0.15, 0.2) is 0 Å². The molecule has 3 rings (SSSR count). The highest BCUT2D eigenvalue weighted by molar-refractivity contribution is 5.79. The van der Waals surface area contributed by atoms with E-state index in [0.717, 1.165) is 46.9 Å². The number of nitrogens with one attached hydrogen (secondary N) is 1. The molecule has 0 aliphatic carbocycles. The molecular weight excluding hydrogens is 367 g/mol. The van der Waals surface area contributed by atoms with Crippen LogP contribution in [0.15, 0.2) is 42.5 Å². The van der Waals surface area contributed by atoms with Crippen LogP contribution < -0.4 is 9.80 Å². The molecule has 0 saturated heterocycles. The number of anilines is 2. The number of fused-ring (bicyclic) bond motifs is 1. The highest BCUT2D eigenvalue weighted by Gasteiger charge is 2.08. The van der Waals surface area contributed by atoms with Gasteiger partial charge in [0.05, 0.1) is 12.3 Å². The molecule has 5 nitrogen and oxygen atoms in total. The summed E-state index contributed by atoms with van der Waals surface area (Å²) >= 11 is 0. The first kappa shape index (κ1) is 20.7. The third kappa shape index (κ3) is 5.27. The fourth-order valence-corrected chi connectivity index (χ4v) is 3.07. The summed E-state index contributed by atoms with van der Waals surface area (Å²) < 4.78 is 17.6. The van der Waals surface area contributed by atoms with E-state index >= 15 is 0 Å². The number of ether oxygens (including phenoxy) is 1. The number of likely N-dealkylation sites (N-methyl/N-ethyl adjacent to an activating group) is 1. The van der Waals surface area contributed by atoms with Crippen molar-refractivity contribution in [1.29, 1.82) is 0 Å². The summed E-state index contributed by atoms with van der Waals surface area (Å²) in [5, 5.41) is 1.03. The van der Waals surface area contributed by atoms with E-state index in [-0.39, 0.29) is 6.67 Å². The van der Waals surface area contributed by atoms with Crippen LogP contribution in [0.2, 0.25) is 0 Å². The van der Waals surface area contributed by atoms with Gasteiger partial charge in [0, 0.05) is 50.4 Å². The number of benzene rings is 1. The lowest BCUT2D eigenvalue weighted by molar-refractivity contribution is 0.205. The molecule has 0 aliphatic heterocycles. The number of alkyl halides is 1. The van der Waals surface area contributed by atoms with Crippen molar-refractivity contribution < 1.29 is 9.13 Å². The summed E-state index contributed by atoms with van der Waals surface area (Å²) in [6.07, 6.45) is 0. The van der Waals surface area contributed by atoms with Crippen molar-refractivity contribution in [2.45, 2.75) is 6.92 Å². The van der Waals surface area contributed by atoms with Gasteiger partial charge in [-0.25, -0.2) is 9.37 Å². The number of nitrogens with zero attached hydrogens (tertiary/aromatic N) is 3. The van der Waals surface area contributed by atoms with E-state index < -0.39 is 0 Å². The van der Waals surface area contributed by atoms with Gasteiger partial charge in [-0.3, -0.25) is 0 Å². The lowest BCUT2D eigenvalue weighted by Crippen LogP contribution is -2.27. The number of aromatic nitrogens is 2. The van der Waals surface area contributed by atoms with Crippen molar-refractivity contribution in [3.8, 4) is 11.8 Å². The Bertz CT molecular complexity index is 988. The maximum Gasteiger partial charge on any atom is 0.140 e. The minimum Gasteiger partial charge on any atom is -0.383 e. The SMILES string of the molecule is CCN(CCOC)c1ccc2cc(C#Cc3ccc(N(C)CCF)cc3)[nH]c2n1. The molecule has 6 heteroatoms. The quantitative estimate of drug-likeness (QED) is 0.590. The Labute approximate surface area is 171 Å². The van der Waals surface area contributed by atoms with E-state index in [1.165, 1.54) is 0 Å². The fraction of sp³-hybridized carbons (Fsp3) is 0.348. The van der Waals surface area contributed by atoms with Crippen molar-refractivity contribution in [3.05, 3.63) is 53.7 Å². The highest BCUT2D eigenvalue weighted by Crippen LogP contribution is 2.19. The van der Waals surface area contributed by atoms with Crippen molar-refractivity contribution in [2.75, 3.05) is 56.9 Å². The zero-order valence-corrected chi connectivity index (χ0v) is 17.2. The Morgan fingerprint density at radius 1 is 1.10 bits per heavy atom. The molecule has 2 heterocycles. The van der Waals surface area contributed by atoms with Gasteiger partial charge in [-0.05, 0) is 55.3 Å². The van der Waals surface area contributed by atoms with Crippen LogP contribution in [-0.2, 0) is 4.74 Å². The molecule has 0 unspecified atom stereocenters. The summed E-state index contributed by atoms with van der Waals surface area (Å²) in [4.78, 5) is 12.1. The molecule has 0 spiro atoms. The third-order valence-electron chi connectivity index (χ3n) is 4.81. The van der Waals surface area contributed by atoms with Crippen LogP contribution in [0.5, 0.6) is 0 Å². The van der Waals surface area contributed by atoms with E-state index in [4.69, 9.17) is 9.72 Å². The Morgan fingerprint density at radius 2 is 1.90 bits per heavy atom. The van der Waals surface area contributed by atoms with Crippen molar-refractivity contribution in [1.82, 2.24) is 9.97 Å². The monoisotopic (exact) mass is 394 g/mol. The molecule has 0 aliphatic rings. The summed E-state index contributed by atoms with van der Waals surface area (Å²) in [5.41, 5.74) is 3.53. The van der Waals surface area contributed by atoms with Crippen LogP contribution in [0.25, 0.3) is 11.0 Å². The van der Waals surface area contributed by atoms with E-state index in [0.29, 0.717) is 13.2 Å². The largest absolute Gasteiger partial charge is 0.383 e. The minimum absolute atomic E-state index is 0.364. The van der Waals surface area contributed by atoms with Crippen LogP contribution in [0.1, 0.15) is 18.2 Å². The molecule has 3 aromatic rings. The van der Waals surface area contributed by atoms with Gasteiger partial charge >= 0.3 is 0 Å². The lowest BCUT2D eigenvalue weighted by atomic mass is 10.2. The van der Waals surface area contributed by atoms with Crippen molar-refractivity contribution >= 4 is 22.5 Å². The number of hydrogen-bond acceptors (Lipinski definition) is 4. The predicted octanol–water partition coefficient (Wildman–Crippen LogP) is 3.84.